The lowest BCUT2D eigenvalue weighted by atomic mass is 9.34. The van der Waals surface area contributed by atoms with Crippen molar-refractivity contribution in [3.05, 3.63) is 142 Å². The van der Waals surface area contributed by atoms with Gasteiger partial charge in [-0.15, -0.1) is 0 Å². The maximum atomic E-state index is 14.0. The van der Waals surface area contributed by atoms with E-state index in [1.54, 1.807) is 0 Å². The highest BCUT2D eigenvalue weighted by atomic mass is 16.1. The predicted octanol–water partition coefficient (Wildman–Crippen LogP) is 6.21. The Labute approximate surface area is 199 Å². The van der Waals surface area contributed by atoms with Gasteiger partial charge in [0.1, 0.15) is 0 Å². The van der Waals surface area contributed by atoms with Gasteiger partial charge >= 0.3 is 0 Å². The summed E-state index contributed by atoms with van der Waals surface area (Å²) in [4.78, 5) is 28.0. The molecule has 4 aromatic rings. The molecule has 1 saturated carbocycles. The molecule has 0 unspecified atom stereocenters. The molecule has 0 bridgehead atoms. The summed E-state index contributed by atoms with van der Waals surface area (Å²) in [7, 11) is 0. The Hall–Kier alpha value is -3.78. The minimum absolute atomic E-state index is 0.102. The first kappa shape index (κ1) is 19.7. The third-order valence-corrected chi connectivity index (χ3v) is 8.70. The fourth-order valence-corrected chi connectivity index (χ4v) is 7.53. The van der Waals surface area contributed by atoms with Crippen LogP contribution in [0.1, 0.15) is 54.1 Å². The average molecular weight is 441 g/mol. The molecule has 0 aromatic heterocycles. The molecule has 4 aromatic carbocycles. The van der Waals surface area contributed by atoms with Crippen molar-refractivity contribution in [1.29, 1.82) is 0 Å². The Morgan fingerprint density at radius 3 is 1.24 bits per heavy atom. The molecule has 2 nitrogen and oxygen atoms in total. The Kier molecular flexibility index (Phi) is 3.71. The SMILES string of the molecule is Cc1ccc([C@@]23c4ccccc4C(=O)[C@@H]2[C@@H]2C(=O)c4ccccc4[C@@]23c2ccc(C)cc2)cc1. The zero-order valence-electron chi connectivity index (χ0n) is 19.2. The summed E-state index contributed by atoms with van der Waals surface area (Å²) in [5.74, 6) is -0.613. The van der Waals surface area contributed by atoms with Crippen molar-refractivity contribution in [3.8, 4) is 0 Å². The maximum absolute atomic E-state index is 14.0. The Morgan fingerprint density at radius 2 is 0.853 bits per heavy atom. The molecule has 0 spiro atoms. The largest absolute Gasteiger partial charge is 0.294 e. The normalized spacial score (nSPS) is 28.1. The van der Waals surface area contributed by atoms with Crippen molar-refractivity contribution >= 4 is 11.6 Å². The zero-order valence-corrected chi connectivity index (χ0v) is 19.2. The second-order valence-corrected chi connectivity index (χ2v) is 10.1. The minimum Gasteiger partial charge on any atom is -0.294 e. The van der Waals surface area contributed by atoms with E-state index in [2.05, 4.69) is 74.5 Å². The van der Waals surface area contributed by atoms with Crippen LogP contribution in [0.2, 0.25) is 0 Å². The van der Waals surface area contributed by atoms with E-state index in [9.17, 15) is 9.59 Å². The lowest BCUT2D eigenvalue weighted by molar-refractivity contribution is 0.00358. The quantitative estimate of drug-likeness (QED) is 0.371. The molecule has 0 heterocycles. The smallest absolute Gasteiger partial charge is 0.168 e. The minimum atomic E-state index is -0.628. The average Bonchev–Trinajstić information content (AvgIpc) is 3.21. The zero-order chi connectivity index (χ0) is 23.2. The van der Waals surface area contributed by atoms with Crippen LogP contribution in [0.15, 0.2) is 97.1 Å². The highest BCUT2D eigenvalue weighted by Gasteiger charge is 2.82. The maximum Gasteiger partial charge on any atom is 0.168 e. The second-order valence-electron chi connectivity index (χ2n) is 10.1. The summed E-state index contributed by atoms with van der Waals surface area (Å²) in [6, 6.07) is 33.3. The summed E-state index contributed by atoms with van der Waals surface area (Å²) in [6.07, 6.45) is 0. The third-order valence-electron chi connectivity index (χ3n) is 8.70. The number of ketones is 2. The van der Waals surface area contributed by atoms with Crippen LogP contribution in [0.4, 0.5) is 0 Å². The van der Waals surface area contributed by atoms with Gasteiger partial charge in [-0.1, -0.05) is 108 Å². The van der Waals surface area contributed by atoms with Crippen molar-refractivity contribution in [3.63, 3.8) is 0 Å². The number of carbonyl (C=O) groups excluding carboxylic acids is 2. The van der Waals surface area contributed by atoms with Crippen LogP contribution in [0, 0.1) is 25.7 Å². The van der Waals surface area contributed by atoms with E-state index in [1.165, 1.54) is 11.1 Å². The Balaban J connectivity index is 1.68. The molecular weight excluding hydrogens is 416 g/mol. The van der Waals surface area contributed by atoms with Crippen molar-refractivity contribution in [2.45, 2.75) is 24.7 Å². The molecule has 0 radical (unpaired) electrons. The molecule has 0 N–H and O–H groups in total. The standard InChI is InChI=1S/C32H24O2/c1-19-11-15-21(16-12-19)31-25-9-5-3-7-23(25)29(33)27(31)28-30(34)24-8-4-6-10-26(24)32(28,31)22-17-13-20(2)14-18-22/h3-18,27-28H,1-2H3/t27-,28+,31+,32-. The number of carbonyl (C=O) groups is 2. The van der Waals surface area contributed by atoms with Crippen LogP contribution >= 0.6 is 0 Å². The molecule has 3 aliphatic rings. The molecular formula is C32H24O2. The Bertz CT molecular complexity index is 1390. The van der Waals surface area contributed by atoms with Crippen LogP contribution in [-0.4, -0.2) is 11.6 Å². The van der Waals surface area contributed by atoms with E-state index < -0.39 is 22.7 Å². The molecule has 0 aliphatic heterocycles. The lowest BCUT2D eigenvalue weighted by Gasteiger charge is -2.64. The first-order valence-corrected chi connectivity index (χ1v) is 11.9. The fraction of sp³-hybridized carbons (Fsp3) is 0.188. The molecule has 0 saturated heterocycles. The van der Waals surface area contributed by atoms with Crippen molar-refractivity contribution in [2.75, 3.05) is 0 Å². The summed E-state index contributed by atoms with van der Waals surface area (Å²) in [5.41, 5.74) is 6.96. The van der Waals surface area contributed by atoms with Crippen LogP contribution in [0.5, 0.6) is 0 Å². The number of hydrogen-bond acceptors (Lipinski definition) is 2. The van der Waals surface area contributed by atoms with Crippen LogP contribution < -0.4 is 0 Å². The molecule has 7 rings (SSSR count). The summed E-state index contributed by atoms with van der Waals surface area (Å²) in [5, 5.41) is 0. The highest BCUT2D eigenvalue weighted by Crippen LogP contribution is 2.77. The van der Waals surface area contributed by atoms with Crippen LogP contribution in [0.3, 0.4) is 0 Å². The molecule has 0 amide bonds. The van der Waals surface area contributed by atoms with Gasteiger partial charge in [-0.3, -0.25) is 9.59 Å². The fourth-order valence-electron chi connectivity index (χ4n) is 7.53. The van der Waals surface area contributed by atoms with Gasteiger partial charge < -0.3 is 0 Å². The van der Waals surface area contributed by atoms with E-state index in [1.807, 2.05) is 36.4 Å². The monoisotopic (exact) mass is 440 g/mol. The summed E-state index contributed by atoms with van der Waals surface area (Å²) >= 11 is 0. The van der Waals surface area contributed by atoms with Crippen molar-refractivity contribution in [2.24, 2.45) is 11.8 Å². The van der Waals surface area contributed by atoms with Gasteiger partial charge in [0.2, 0.25) is 0 Å². The van der Waals surface area contributed by atoms with Gasteiger partial charge in [-0.25, -0.2) is 0 Å². The second kappa shape index (κ2) is 6.42. The first-order chi connectivity index (χ1) is 16.5. The predicted molar refractivity (Wildman–Crippen MR) is 132 cm³/mol. The van der Waals surface area contributed by atoms with Gasteiger partial charge in [-0.05, 0) is 36.1 Å². The number of aryl methyl sites for hydroxylation is 2. The van der Waals surface area contributed by atoms with Gasteiger partial charge in [0.25, 0.3) is 0 Å². The summed E-state index contributed by atoms with van der Waals surface area (Å²) < 4.78 is 0. The molecule has 4 atom stereocenters. The molecule has 2 heteroatoms. The molecule has 3 aliphatic carbocycles. The van der Waals surface area contributed by atoms with Crippen LogP contribution in [-0.2, 0) is 10.8 Å². The number of benzene rings is 4. The molecule has 1 fully saturated rings. The van der Waals surface area contributed by atoms with E-state index in [0.29, 0.717) is 0 Å². The van der Waals surface area contributed by atoms with Gasteiger partial charge in [0.15, 0.2) is 11.6 Å². The first-order valence-electron chi connectivity index (χ1n) is 11.9. The van der Waals surface area contributed by atoms with E-state index >= 15 is 0 Å². The number of fused-ring (bicyclic) bond motifs is 8. The van der Waals surface area contributed by atoms with E-state index in [0.717, 1.165) is 33.4 Å². The number of Topliss-reactive ketones (excluding diaryl/α,β-unsaturated/α-hetero) is 2. The van der Waals surface area contributed by atoms with Crippen LogP contribution in [0.25, 0.3) is 0 Å². The lowest BCUT2D eigenvalue weighted by Crippen LogP contribution is -2.70. The van der Waals surface area contributed by atoms with Crippen molar-refractivity contribution < 1.29 is 9.59 Å². The highest BCUT2D eigenvalue weighted by molar-refractivity contribution is 6.17. The van der Waals surface area contributed by atoms with Gasteiger partial charge in [-0.2, -0.15) is 0 Å². The number of rotatable bonds is 2. The van der Waals surface area contributed by atoms with E-state index in [4.69, 9.17) is 0 Å². The summed E-state index contributed by atoms with van der Waals surface area (Å²) in [6.45, 7) is 4.17. The molecule has 34 heavy (non-hydrogen) atoms. The Morgan fingerprint density at radius 1 is 0.500 bits per heavy atom. The third kappa shape index (κ3) is 1.96. The molecule has 164 valence electrons. The van der Waals surface area contributed by atoms with Gasteiger partial charge in [0, 0.05) is 33.8 Å². The number of hydrogen-bond donors (Lipinski definition) is 0. The topological polar surface area (TPSA) is 34.1 Å². The van der Waals surface area contributed by atoms with Crippen molar-refractivity contribution in [1.82, 2.24) is 0 Å². The van der Waals surface area contributed by atoms with E-state index in [-0.39, 0.29) is 11.6 Å². The van der Waals surface area contributed by atoms with Gasteiger partial charge in [0.05, 0.1) is 0 Å².